The fourth-order valence-corrected chi connectivity index (χ4v) is 1.95. The molecule has 14 heavy (non-hydrogen) atoms. The fourth-order valence-electron chi connectivity index (χ4n) is 1.67. The van der Waals surface area contributed by atoms with Gasteiger partial charge in [0.05, 0.1) is 6.61 Å². The zero-order valence-electron chi connectivity index (χ0n) is 7.92. The van der Waals surface area contributed by atoms with Crippen molar-refractivity contribution in [3.05, 3.63) is 28.3 Å². The summed E-state index contributed by atoms with van der Waals surface area (Å²) < 4.78 is 5.54. The molecule has 2 nitrogen and oxygen atoms in total. The molecule has 0 spiro atoms. The lowest BCUT2D eigenvalue weighted by atomic mass is 9.99. The first kappa shape index (κ1) is 11.6. The Labute approximate surface area is 94.8 Å². The monoisotopic (exact) mass is 233 g/mol. The van der Waals surface area contributed by atoms with E-state index >= 15 is 0 Å². The summed E-state index contributed by atoms with van der Waals surface area (Å²) in [7, 11) is 0. The van der Waals surface area contributed by atoms with Crippen LogP contribution in [0.1, 0.15) is 23.6 Å². The third kappa shape index (κ3) is 1.97. The van der Waals surface area contributed by atoms with Crippen molar-refractivity contribution in [3.8, 4) is 5.75 Å². The number of fused-ring (bicyclic) bond motifs is 1. The second-order valence-electron chi connectivity index (χ2n) is 3.38. The van der Waals surface area contributed by atoms with Crippen molar-refractivity contribution in [2.24, 2.45) is 5.73 Å². The average molecular weight is 234 g/mol. The molecule has 78 valence electrons. The molecule has 1 aromatic rings. The quantitative estimate of drug-likeness (QED) is 0.749. The fraction of sp³-hybridized carbons (Fsp3) is 0.400. The Balaban J connectivity index is 0.000000980. The highest BCUT2D eigenvalue weighted by Gasteiger charge is 2.19. The van der Waals surface area contributed by atoms with Crippen LogP contribution in [0.25, 0.3) is 0 Å². The molecule has 1 aromatic carbocycles. The maximum Gasteiger partial charge on any atom is 0.127 e. The van der Waals surface area contributed by atoms with Crippen molar-refractivity contribution in [1.29, 1.82) is 0 Å². The van der Waals surface area contributed by atoms with E-state index in [4.69, 9.17) is 22.1 Å². The Kier molecular flexibility index (Phi) is 3.65. The highest BCUT2D eigenvalue weighted by Crippen LogP contribution is 2.35. The molecule has 0 aliphatic carbocycles. The van der Waals surface area contributed by atoms with E-state index in [1.807, 2.05) is 19.1 Å². The number of ether oxygens (including phenoxy) is 1. The molecule has 0 bridgehead atoms. The highest BCUT2D eigenvalue weighted by molar-refractivity contribution is 6.30. The van der Waals surface area contributed by atoms with Crippen molar-refractivity contribution >= 4 is 24.0 Å². The van der Waals surface area contributed by atoms with Crippen molar-refractivity contribution in [3.63, 3.8) is 0 Å². The van der Waals surface area contributed by atoms with Crippen LogP contribution in [-0.4, -0.2) is 6.61 Å². The summed E-state index contributed by atoms with van der Waals surface area (Å²) >= 11 is 5.94. The van der Waals surface area contributed by atoms with E-state index in [1.54, 1.807) is 0 Å². The van der Waals surface area contributed by atoms with Crippen molar-refractivity contribution in [2.75, 3.05) is 6.61 Å². The van der Waals surface area contributed by atoms with Gasteiger partial charge in [0, 0.05) is 23.0 Å². The van der Waals surface area contributed by atoms with Crippen molar-refractivity contribution in [1.82, 2.24) is 0 Å². The molecule has 2 rings (SSSR count). The van der Waals surface area contributed by atoms with Gasteiger partial charge in [-0.2, -0.15) is 0 Å². The van der Waals surface area contributed by atoms with Crippen LogP contribution in [0.2, 0.25) is 5.02 Å². The molecule has 1 heterocycles. The summed E-state index contributed by atoms with van der Waals surface area (Å²) in [5, 5.41) is 0.734. The summed E-state index contributed by atoms with van der Waals surface area (Å²) in [6, 6.07) is 3.87. The smallest absolute Gasteiger partial charge is 0.127 e. The largest absolute Gasteiger partial charge is 0.493 e. The van der Waals surface area contributed by atoms with E-state index in [-0.39, 0.29) is 18.4 Å². The van der Waals surface area contributed by atoms with Gasteiger partial charge in [0.1, 0.15) is 5.75 Å². The first-order chi connectivity index (χ1) is 6.18. The molecule has 0 radical (unpaired) electrons. The maximum absolute atomic E-state index is 5.95. The van der Waals surface area contributed by atoms with Gasteiger partial charge in [0.25, 0.3) is 0 Å². The van der Waals surface area contributed by atoms with Crippen LogP contribution in [0.15, 0.2) is 12.1 Å². The highest BCUT2D eigenvalue weighted by atomic mass is 35.5. The van der Waals surface area contributed by atoms with Crippen LogP contribution in [0.3, 0.4) is 0 Å². The van der Waals surface area contributed by atoms with E-state index in [2.05, 4.69) is 0 Å². The average Bonchev–Trinajstić information content (AvgIpc) is 2.07. The van der Waals surface area contributed by atoms with Crippen molar-refractivity contribution in [2.45, 2.75) is 19.4 Å². The van der Waals surface area contributed by atoms with Crippen LogP contribution in [0, 0.1) is 6.92 Å². The molecule has 0 aromatic heterocycles. The minimum atomic E-state index is 0. The maximum atomic E-state index is 5.95. The predicted molar refractivity (Wildman–Crippen MR) is 60.5 cm³/mol. The molecule has 0 saturated heterocycles. The molecule has 0 unspecified atom stereocenters. The Morgan fingerprint density at radius 2 is 2.21 bits per heavy atom. The number of nitrogens with two attached hydrogens (primary N) is 1. The lowest BCUT2D eigenvalue weighted by Gasteiger charge is -2.24. The molecule has 4 heteroatoms. The van der Waals surface area contributed by atoms with Gasteiger partial charge in [-0.25, -0.2) is 0 Å². The van der Waals surface area contributed by atoms with Crippen LogP contribution >= 0.6 is 24.0 Å². The molecule has 2 N–H and O–H groups in total. The van der Waals surface area contributed by atoms with Gasteiger partial charge in [-0.1, -0.05) is 11.6 Å². The summed E-state index contributed by atoms with van der Waals surface area (Å²) in [4.78, 5) is 0. The van der Waals surface area contributed by atoms with Gasteiger partial charge in [-0.15, -0.1) is 12.4 Å². The third-order valence-corrected chi connectivity index (χ3v) is 2.56. The normalized spacial score (nSPS) is 19.2. The van der Waals surface area contributed by atoms with Gasteiger partial charge in [0.2, 0.25) is 0 Å². The zero-order chi connectivity index (χ0) is 9.42. The van der Waals surface area contributed by atoms with E-state index in [0.29, 0.717) is 6.61 Å². The number of benzene rings is 1. The Bertz CT molecular complexity index is 341. The Morgan fingerprint density at radius 3 is 2.93 bits per heavy atom. The topological polar surface area (TPSA) is 35.2 Å². The number of aryl methyl sites for hydroxylation is 1. The summed E-state index contributed by atoms with van der Waals surface area (Å²) in [5.74, 6) is 0.920. The summed E-state index contributed by atoms with van der Waals surface area (Å²) in [6.07, 6.45) is 0.868. The molecular formula is C10H13Cl2NO. The van der Waals surface area contributed by atoms with Gasteiger partial charge in [-0.3, -0.25) is 0 Å². The van der Waals surface area contributed by atoms with E-state index in [1.165, 1.54) is 0 Å². The van der Waals surface area contributed by atoms with Crippen LogP contribution < -0.4 is 10.5 Å². The van der Waals surface area contributed by atoms with Crippen LogP contribution in [-0.2, 0) is 0 Å². The molecule has 0 fully saturated rings. The minimum absolute atomic E-state index is 0. The Hall–Kier alpha value is -0.440. The Morgan fingerprint density at radius 1 is 1.50 bits per heavy atom. The zero-order valence-corrected chi connectivity index (χ0v) is 9.49. The number of rotatable bonds is 0. The number of hydrogen-bond acceptors (Lipinski definition) is 2. The summed E-state index contributed by atoms with van der Waals surface area (Å²) in [5.41, 5.74) is 8.05. The van der Waals surface area contributed by atoms with Crippen LogP contribution in [0.4, 0.5) is 0 Å². The van der Waals surface area contributed by atoms with E-state index < -0.39 is 0 Å². The summed E-state index contributed by atoms with van der Waals surface area (Å²) in [6.45, 7) is 2.69. The van der Waals surface area contributed by atoms with Crippen molar-refractivity contribution < 1.29 is 4.74 Å². The van der Waals surface area contributed by atoms with Gasteiger partial charge >= 0.3 is 0 Å². The number of halogens is 2. The molecule has 1 aliphatic rings. The first-order valence-electron chi connectivity index (χ1n) is 4.37. The van der Waals surface area contributed by atoms with Gasteiger partial charge in [-0.05, 0) is 24.6 Å². The SMILES string of the molecule is Cc1cc(Cl)cc2c1OCC[C@H]2N.Cl. The van der Waals surface area contributed by atoms with E-state index in [9.17, 15) is 0 Å². The first-order valence-corrected chi connectivity index (χ1v) is 4.74. The standard InChI is InChI=1S/C10H12ClNO.ClH/c1-6-4-7(11)5-8-9(12)2-3-13-10(6)8;/h4-5,9H,2-3,12H2,1H3;1H/t9-;/m1./s1. The number of hydrogen-bond donors (Lipinski definition) is 1. The molecule has 0 amide bonds. The second-order valence-corrected chi connectivity index (χ2v) is 3.82. The lowest BCUT2D eigenvalue weighted by Crippen LogP contribution is -2.21. The van der Waals surface area contributed by atoms with Gasteiger partial charge < -0.3 is 10.5 Å². The van der Waals surface area contributed by atoms with Gasteiger partial charge in [0.15, 0.2) is 0 Å². The minimum Gasteiger partial charge on any atom is -0.493 e. The lowest BCUT2D eigenvalue weighted by molar-refractivity contribution is 0.267. The molecule has 1 atom stereocenters. The second kappa shape index (κ2) is 4.39. The molecule has 1 aliphatic heterocycles. The molecular weight excluding hydrogens is 221 g/mol. The predicted octanol–water partition coefficient (Wildman–Crippen LogP) is 2.85. The van der Waals surface area contributed by atoms with Crippen LogP contribution in [0.5, 0.6) is 5.75 Å². The third-order valence-electron chi connectivity index (χ3n) is 2.34. The van der Waals surface area contributed by atoms with E-state index in [0.717, 1.165) is 28.3 Å². The molecule has 0 saturated carbocycles.